The van der Waals surface area contributed by atoms with E-state index in [-0.39, 0.29) is 6.04 Å². The first-order valence-corrected chi connectivity index (χ1v) is 9.52. The van der Waals surface area contributed by atoms with Crippen LogP contribution in [0.1, 0.15) is 28.4 Å². The van der Waals surface area contributed by atoms with Gasteiger partial charge in [-0.15, -0.1) is 0 Å². The van der Waals surface area contributed by atoms with E-state index in [4.69, 9.17) is 9.47 Å². The van der Waals surface area contributed by atoms with Gasteiger partial charge in [0.25, 0.3) is 0 Å². The molecule has 0 saturated carbocycles. The summed E-state index contributed by atoms with van der Waals surface area (Å²) in [6.07, 6.45) is 2.82. The average molecular weight is 369 g/mol. The summed E-state index contributed by atoms with van der Waals surface area (Å²) in [4.78, 5) is 4.63. The fourth-order valence-corrected chi connectivity index (χ4v) is 3.52. The molecular formula is C21H24N2O2S. The first-order valence-electron chi connectivity index (χ1n) is 8.57. The van der Waals surface area contributed by atoms with E-state index in [1.54, 1.807) is 25.6 Å². The van der Waals surface area contributed by atoms with Gasteiger partial charge in [-0.2, -0.15) is 11.3 Å². The number of thiophene rings is 1. The van der Waals surface area contributed by atoms with Gasteiger partial charge in [-0.1, -0.05) is 12.1 Å². The summed E-state index contributed by atoms with van der Waals surface area (Å²) in [7, 11) is 3.34. The minimum atomic E-state index is 0.136. The molecule has 136 valence electrons. The van der Waals surface area contributed by atoms with Crippen LogP contribution in [0.3, 0.4) is 0 Å². The van der Waals surface area contributed by atoms with Crippen LogP contribution in [-0.2, 0) is 13.0 Å². The number of aromatic nitrogens is 1. The fraction of sp³-hybridized carbons (Fsp3) is 0.286. The van der Waals surface area contributed by atoms with Crippen molar-refractivity contribution in [3.8, 4) is 11.5 Å². The summed E-state index contributed by atoms with van der Waals surface area (Å²) in [6, 6.07) is 12.4. The highest BCUT2D eigenvalue weighted by Crippen LogP contribution is 2.26. The summed E-state index contributed by atoms with van der Waals surface area (Å²) in [5.41, 5.74) is 4.63. The van der Waals surface area contributed by atoms with Crippen LogP contribution < -0.4 is 14.8 Å². The third-order valence-corrected chi connectivity index (χ3v) is 5.08. The lowest BCUT2D eigenvalue weighted by Gasteiger charge is -2.19. The molecule has 1 N–H and O–H groups in total. The van der Waals surface area contributed by atoms with Gasteiger partial charge in [0.05, 0.1) is 26.0 Å². The van der Waals surface area contributed by atoms with Gasteiger partial charge in [-0.3, -0.25) is 4.98 Å². The highest BCUT2D eigenvalue weighted by molar-refractivity contribution is 7.07. The molecule has 0 aliphatic carbocycles. The Morgan fingerprint density at radius 3 is 2.65 bits per heavy atom. The Hall–Kier alpha value is -2.37. The van der Waals surface area contributed by atoms with Gasteiger partial charge < -0.3 is 14.8 Å². The molecule has 5 heteroatoms. The first-order chi connectivity index (χ1) is 12.7. The Balaban J connectivity index is 1.78. The number of hydrogen-bond donors (Lipinski definition) is 1. The maximum atomic E-state index is 5.51. The van der Waals surface area contributed by atoms with Crippen LogP contribution in [0.2, 0.25) is 0 Å². The number of nitrogens with one attached hydrogen (secondary N) is 1. The number of pyridine rings is 1. The van der Waals surface area contributed by atoms with Crippen molar-refractivity contribution in [2.45, 2.75) is 25.9 Å². The third kappa shape index (κ3) is 4.62. The number of aryl methyl sites for hydroxylation is 1. The van der Waals surface area contributed by atoms with Crippen molar-refractivity contribution in [1.29, 1.82) is 0 Å². The second kappa shape index (κ2) is 8.83. The topological polar surface area (TPSA) is 43.4 Å². The van der Waals surface area contributed by atoms with E-state index in [0.717, 1.165) is 29.2 Å². The number of benzene rings is 1. The predicted molar refractivity (Wildman–Crippen MR) is 106 cm³/mol. The first kappa shape index (κ1) is 18.4. The second-order valence-electron chi connectivity index (χ2n) is 6.21. The maximum absolute atomic E-state index is 5.51. The molecule has 3 rings (SSSR count). The van der Waals surface area contributed by atoms with E-state index in [2.05, 4.69) is 46.2 Å². The van der Waals surface area contributed by atoms with Gasteiger partial charge in [-0.25, -0.2) is 0 Å². The van der Waals surface area contributed by atoms with Gasteiger partial charge in [0, 0.05) is 24.4 Å². The Morgan fingerprint density at radius 1 is 1.12 bits per heavy atom. The molecule has 0 aliphatic rings. The maximum Gasteiger partial charge on any atom is 0.127 e. The molecule has 0 aliphatic heterocycles. The molecule has 0 amide bonds. The van der Waals surface area contributed by atoms with Crippen molar-refractivity contribution in [3.05, 3.63) is 75.7 Å². The van der Waals surface area contributed by atoms with Crippen molar-refractivity contribution in [2.24, 2.45) is 0 Å². The van der Waals surface area contributed by atoms with Gasteiger partial charge in [0.2, 0.25) is 0 Å². The number of methoxy groups -OCH3 is 2. The Kier molecular flexibility index (Phi) is 6.26. The van der Waals surface area contributed by atoms with Gasteiger partial charge in [0.1, 0.15) is 11.5 Å². The quantitative estimate of drug-likeness (QED) is 0.634. The second-order valence-corrected chi connectivity index (χ2v) is 6.99. The molecule has 0 bridgehead atoms. The SMILES string of the molecule is COc1ccc(CN[C@@H](Cc2ccsc2)c2ccc(C)cn2)c(OC)c1. The summed E-state index contributed by atoms with van der Waals surface area (Å²) in [6.45, 7) is 2.75. The molecule has 1 aromatic carbocycles. The van der Waals surface area contributed by atoms with Gasteiger partial charge in [-0.05, 0) is 53.4 Å². The van der Waals surface area contributed by atoms with E-state index in [9.17, 15) is 0 Å². The largest absolute Gasteiger partial charge is 0.497 e. The minimum absolute atomic E-state index is 0.136. The zero-order chi connectivity index (χ0) is 18.4. The van der Waals surface area contributed by atoms with Crippen LogP contribution in [0.25, 0.3) is 0 Å². The predicted octanol–water partition coefficient (Wildman–Crippen LogP) is 4.54. The van der Waals surface area contributed by atoms with E-state index in [1.807, 2.05) is 24.4 Å². The summed E-state index contributed by atoms with van der Waals surface area (Å²) in [5.74, 6) is 1.61. The molecule has 26 heavy (non-hydrogen) atoms. The summed E-state index contributed by atoms with van der Waals surface area (Å²) < 4.78 is 10.8. The zero-order valence-electron chi connectivity index (χ0n) is 15.4. The van der Waals surface area contributed by atoms with Crippen LogP contribution in [0.4, 0.5) is 0 Å². The monoisotopic (exact) mass is 368 g/mol. The van der Waals surface area contributed by atoms with Crippen molar-refractivity contribution < 1.29 is 9.47 Å². The molecule has 0 saturated heterocycles. The van der Waals surface area contributed by atoms with Gasteiger partial charge in [0.15, 0.2) is 0 Å². The number of nitrogens with zero attached hydrogens (tertiary/aromatic N) is 1. The molecule has 3 aromatic rings. The lowest BCUT2D eigenvalue weighted by molar-refractivity contribution is 0.388. The number of hydrogen-bond acceptors (Lipinski definition) is 5. The Labute approximate surface area is 158 Å². The normalized spacial score (nSPS) is 12.0. The lowest BCUT2D eigenvalue weighted by atomic mass is 10.0. The molecule has 0 fully saturated rings. The molecule has 4 nitrogen and oxygen atoms in total. The highest BCUT2D eigenvalue weighted by atomic mass is 32.1. The van der Waals surface area contributed by atoms with Crippen LogP contribution in [0, 0.1) is 6.92 Å². The van der Waals surface area contributed by atoms with E-state index >= 15 is 0 Å². The van der Waals surface area contributed by atoms with Crippen LogP contribution in [-0.4, -0.2) is 19.2 Å². The van der Waals surface area contributed by atoms with Crippen molar-refractivity contribution in [1.82, 2.24) is 10.3 Å². The smallest absolute Gasteiger partial charge is 0.127 e. The van der Waals surface area contributed by atoms with Crippen LogP contribution >= 0.6 is 11.3 Å². The van der Waals surface area contributed by atoms with E-state index < -0.39 is 0 Å². The highest BCUT2D eigenvalue weighted by Gasteiger charge is 2.15. The minimum Gasteiger partial charge on any atom is -0.497 e. The molecule has 1 atom stereocenters. The van der Waals surface area contributed by atoms with Crippen molar-refractivity contribution >= 4 is 11.3 Å². The van der Waals surface area contributed by atoms with Gasteiger partial charge >= 0.3 is 0 Å². The van der Waals surface area contributed by atoms with E-state index in [1.165, 1.54) is 11.1 Å². The molecule has 2 aromatic heterocycles. The summed E-state index contributed by atoms with van der Waals surface area (Å²) in [5, 5.41) is 7.95. The van der Waals surface area contributed by atoms with Crippen molar-refractivity contribution in [3.63, 3.8) is 0 Å². The average Bonchev–Trinajstić information content (AvgIpc) is 3.19. The Bertz CT molecular complexity index is 817. The Morgan fingerprint density at radius 2 is 2.00 bits per heavy atom. The standard InChI is InChI=1S/C21H24N2O2S/c1-15-4-7-19(22-12-15)20(10-16-8-9-26-14-16)23-13-17-5-6-18(24-2)11-21(17)25-3/h4-9,11-12,14,20,23H,10,13H2,1-3H3/t20-/m0/s1. The third-order valence-electron chi connectivity index (χ3n) is 4.34. The molecule has 0 spiro atoms. The van der Waals surface area contributed by atoms with Crippen LogP contribution in [0.15, 0.2) is 53.4 Å². The van der Waals surface area contributed by atoms with Crippen LogP contribution in [0.5, 0.6) is 11.5 Å². The molecule has 0 radical (unpaired) electrons. The number of ether oxygens (including phenoxy) is 2. The lowest BCUT2D eigenvalue weighted by Crippen LogP contribution is -2.24. The number of rotatable bonds is 8. The summed E-state index contributed by atoms with van der Waals surface area (Å²) >= 11 is 1.72. The van der Waals surface area contributed by atoms with Crippen molar-refractivity contribution in [2.75, 3.05) is 14.2 Å². The molecule has 0 unspecified atom stereocenters. The molecule has 2 heterocycles. The van der Waals surface area contributed by atoms with E-state index in [0.29, 0.717) is 6.54 Å². The zero-order valence-corrected chi connectivity index (χ0v) is 16.2. The molecular weight excluding hydrogens is 344 g/mol. The fourth-order valence-electron chi connectivity index (χ4n) is 2.84.